The SMILES string of the molecule is NCCC[C@H](CC(=O)O)NC(=O)OCC1c2ccccc2-c2ccccc21. The van der Waals surface area contributed by atoms with Crippen molar-refractivity contribution in [2.24, 2.45) is 5.73 Å². The number of aliphatic carboxylic acids is 1. The van der Waals surface area contributed by atoms with Gasteiger partial charge in [-0.15, -0.1) is 0 Å². The van der Waals surface area contributed by atoms with E-state index in [1.54, 1.807) is 0 Å². The largest absolute Gasteiger partial charge is 0.481 e. The number of alkyl carbamates (subject to hydrolysis) is 1. The average Bonchev–Trinajstić information content (AvgIpc) is 2.98. The Morgan fingerprint density at radius 3 is 2.22 bits per heavy atom. The Kier molecular flexibility index (Phi) is 6.08. The Hall–Kier alpha value is -2.86. The normalized spacial score (nSPS) is 13.5. The first kappa shape index (κ1) is 18.9. The number of hydrogen-bond acceptors (Lipinski definition) is 4. The van der Waals surface area contributed by atoms with Gasteiger partial charge in [0.15, 0.2) is 0 Å². The molecule has 4 N–H and O–H groups in total. The van der Waals surface area contributed by atoms with Crippen molar-refractivity contribution in [1.82, 2.24) is 5.32 Å². The van der Waals surface area contributed by atoms with Gasteiger partial charge in [0.1, 0.15) is 6.61 Å². The molecule has 0 spiro atoms. The maximum absolute atomic E-state index is 12.2. The summed E-state index contributed by atoms with van der Waals surface area (Å²) in [5, 5.41) is 11.7. The molecule has 1 amide bonds. The predicted molar refractivity (Wildman–Crippen MR) is 103 cm³/mol. The summed E-state index contributed by atoms with van der Waals surface area (Å²) in [7, 11) is 0. The van der Waals surface area contributed by atoms with Gasteiger partial charge in [0.25, 0.3) is 0 Å². The second kappa shape index (κ2) is 8.68. The zero-order valence-corrected chi connectivity index (χ0v) is 15.1. The van der Waals surface area contributed by atoms with Crippen molar-refractivity contribution in [3.05, 3.63) is 59.7 Å². The van der Waals surface area contributed by atoms with Crippen LogP contribution in [0.1, 0.15) is 36.3 Å². The highest BCUT2D eigenvalue weighted by Gasteiger charge is 2.29. The fourth-order valence-corrected chi connectivity index (χ4v) is 3.61. The van der Waals surface area contributed by atoms with Crippen LogP contribution in [0.4, 0.5) is 4.79 Å². The second-order valence-electron chi connectivity index (χ2n) is 6.70. The second-order valence-corrected chi connectivity index (χ2v) is 6.70. The molecule has 1 aliphatic carbocycles. The molecule has 0 bridgehead atoms. The van der Waals surface area contributed by atoms with E-state index in [1.807, 2.05) is 24.3 Å². The summed E-state index contributed by atoms with van der Waals surface area (Å²) in [5.41, 5.74) is 10.1. The first-order chi connectivity index (χ1) is 13.1. The molecule has 0 radical (unpaired) electrons. The smallest absolute Gasteiger partial charge is 0.407 e. The van der Waals surface area contributed by atoms with E-state index in [0.717, 1.165) is 22.3 Å². The van der Waals surface area contributed by atoms with Crippen LogP contribution in [-0.4, -0.2) is 36.4 Å². The maximum atomic E-state index is 12.2. The lowest BCUT2D eigenvalue weighted by atomic mass is 9.98. The molecule has 0 saturated heterocycles. The molecule has 2 aromatic rings. The molecule has 0 aromatic heterocycles. The molecule has 0 unspecified atom stereocenters. The lowest BCUT2D eigenvalue weighted by Crippen LogP contribution is -2.37. The minimum atomic E-state index is -0.962. The Labute approximate surface area is 158 Å². The average molecular weight is 368 g/mol. The number of nitrogens with one attached hydrogen (secondary N) is 1. The fourth-order valence-electron chi connectivity index (χ4n) is 3.61. The van der Waals surface area contributed by atoms with E-state index >= 15 is 0 Å². The van der Waals surface area contributed by atoms with Crippen LogP contribution in [-0.2, 0) is 9.53 Å². The van der Waals surface area contributed by atoms with Gasteiger partial charge in [0.2, 0.25) is 0 Å². The van der Waals surface area contributed by atoms with Gasteiger partial charge in [0.05, 0.1) is 6.42 Å². The lowest BCUT2D eigenvalue weighted by molar-refractivity contribution is -0.137. The highest BCUT2D eigenvalue weighted by Crippen LogP contribution is 2.44. The van der Waals surface area contributed by atoms with Crippen LogP contribution in [0.3, 0.4) is 0 Å². The van der Waals surface area contributed by atoms with Gasteiger partial charge < -0.3 is 20.9 Å². The molecule has 1 aliphatic rings. The minimum Gasteiger partial charge on any atom is -0.481 e. The molecule has 0 fully saturated rings. The van der Waals surface area contributed by atoms with Crippen LogP contribution in [0.5, 0.6) is 0 Å². The van der Waals surface area contributed by atoms with Crippen LogP contribution in [0.2, 0.25) is 0 Å². The van der Waals surface area contributed by atoms with Gasteiger partial charge in [0, 0.05) is 12.0 Å². The number of carbonyl (C=O) groups is 2. The highest BCUT2D eigenvalue weighted by molar-refractivity contribution is 5.79. The molecule has 3 rings (SSSR count). The Morgan fingerprint density at radius 1 is 1.07 bits per heavy atom. The number of amides is 1. The third-order valence-electron chi connectivity index (χ3n) is 4.84. The van der Waals surface area contributed by atoms with Crippen molar-refractivity contribution < 1.29 is 19.4 Å². The van der Waals surface area contributed by atoms with Gasteiger partial charge in [-0.05, 0) is 41.6 Å². The zero-order chi connectivity index (χ0) is 19.2. The van der Waals surface area contributed by atoms with Crippen molar-refractivity contribution in [2.45, 2.75) is 31.2 Å². The van der Waals surface area contributed by atoms with Gasteiger partial charge in [-0.25, -0.2) is 4.79 Å². The third kappa shape index (κ3) is 4.46. The van der Waals surface area contributed by atoms with Crippen molar-refractivity contribution in [3.63, 3.8) is 0 Å². The monoisotopic (exact) mass is 368 g/mol. The van der Waals surface area contributed by atoms with Gasteiger partial charge in [-0.2, -0.15) is 0 Å². The summed E-state index contributed by atoms with van der Waals surface area (Å²) < 4.78 is 5.46. The molecule has 1 atom stereocenters. The molecule has 0 heterocycles. The predicted octanol–water partition coefficient (Wildman–Crippen LogP) is 3.11. The van der Waals surface area contributed by atoms with E-state index in [0.29, 0.717) is 19.4 Å². The summed E-state index contributed by atoms with van der Waals surface area (Å²) >= 11 is 0. The first-order valence-corrected chi connectivity index (χ1v) is 9.13. The van der Waals surface area contributed by atoms with Crippen LogP contribution in [0.25, 0.3) is 11.1 Å². The van der Waals surface area contributed by atoms with Crippen molar-refractivity contribution >= 4 is 12.1 Å². The van der Waals surface area contributed by atoms with Crippen LogP contribution >= 0.6 is 0 Å². The topological polar surface area (TPSA) is 102 Å². The number of ether oxygens (including phenoxy) is 1. The van der Waals surface area contributed by atoms with Crippen molar-refractivity contribution in [1.29, 1.82) is 0 Å². The molecular formula is C21H24N2O4. The summed E-state index contributed by atoms with van der Waals surface area (Å²) in [5.74, 6) is -0.985. The Morgan fingerprint density at radius 2 is 1.67 bits per heavy atom. The van der Waals surface area contributed by atoms with E-state index in [1.165, 1.54) is 0 Å². The van der Waals surface area contributed by atoms with E-state index < -0.39 is 18.1 Å². The van der Waals surface area contributed by atoms with E-state index in [9.17, 15) is 9.59 Å². The van der Waals surface area contributed by atoms with Gasteiger partial charge >= 0.3 is 12.1 Å². The molecular weight excluding hydrogens is 344 g/mol. The molecule has 2 aromatic carbocycles. The van der Waals surface area contributed by atoms with Gasteiger partial charge in [-0.3, -0.25) is 4.79 Å². The molecule has 6 heteroatoms. The molecule has 6 nitrogen and oxygen atoms in total. The highest BCUT2D eigenvalue weighted by atomic mass is 16.5. The van der Waals surface area contributed by atoms with E-state index in [2.05, 4.69) is 29.6 Å². The Balaban J connectivity index is 1.65. The van der Waals surface area contributed by atoms with E-state index in [4.69, 9.17) is 15.6 Å². The summed E-state index contributed by atoms with van der Waals surface area (Å²) in [6.07, 6.45) is 0.402. The van der Waals surface area contributed by atoms with Crippen molar-refractivity contribution in [3.8, 4) is 11.1 Å². The molecule has 0 aliphatic heterocycles. The summed E-state index contributed by atoms with van der Waals surface area (Å²) in [6, 6.07) is 15.7. The van der Waals surface area contributed by atoms with Crippen molar-refractivity contribution in [2.75, 3.05) is 13.2 Å². The first-order valence-electron chi connectivity index (χ1n) is 9.13. The number of hydrogen-bond donors (Lipinski definition) is 3. The number of rotatable bonds is 8. The summed E-state index contributed by atoms with van der Waals surface area (Å²) in [6.45, 7) is 0.652. The third-order valence-corrected chi connectivity index (χ3v) is 4.84. The molecule has 27 heavy (non-hydrogen) atoms. The molecule has 142 valence electrons. The zero-order valence-electron chi connectivity index (χ0n) is 15.1. The number of fused-ring (bicyclic) bond motifs is 3. The lowest BCUT2D eigenvalue weighted by Gasteiger charge is -2.18. The van der Waals surface area contributed by atoms with E-state index in [-0.39, 0.29) is 18.9 Å². The standard InChI is InChI=1S/C21H24N2O4/c22-11-5-6-14(12-20(24)25)23-21(26)27-13-19-17-9-3-1-7-15(17)16-8-2-4-10-18(16)19/h1-4,7-10,14,19H,5-6,11-13,22H2,(H,23,26)(H,24,25)/t14-/m1/s1. The number of benzene rings is 2. The number of carbonyl (C=O) groups excluding carboxylic acids is 1. The Bertz CT molecular complexity index is 776. The maximum Gasteiger partial charge on any atom is 0.407 e. The quantitative estimate of drug-likeness (QED) is 0.664. The number of carboxylic acids is 1. The molecule has 0 saturated carbocycles. The van der Waals surface area contributed by atoms with Gasteiger partial charge in [-0.1, -0.05) is 48.5 Å². The minimum absolute atomic E-state index is 0.0230. The summed E-state index contributed by atoms with van der Waals surface area (Å²) in [4.78, 5) is 23.2. The number of carboxylic acid groups (broad SMARTS) is 1. The van der Waals surface area contributed by atoms with Crippen LogP contribution < -0.4 is 11.1 Å². The number of nitrogens with two attached hydrogens (primary N) is 1. The van der Waals surface area contributed by atoms with Crippen LogP contribution in [0, 0.1) is 0 Å². The fraction of sp³-hybridized carbons (Fsp3) is 0.333. The van der Waals surface area contributed by atoms with Crippen LogP contribution in [0.15, 0.2) is 48.5 Å².